The molecule has 0 radical (unpaired) electrons. The first-order chi connectivity index (χ1) is 10.8. The van der Waals surface area contributed by atoms with Gasteiger partial charge in [0.1, 0.15) is 0 Å². The van der Waals surface area contributed by atoms with Crippen molar-refractivity contribution in [2.75, 3.05) is 6.54 Å². The van der Waals surface area contributed by atoms with Gasteiger partial charge in [0.2, 0.25) is 0 Å². The zero-order valence-corrected chi connectivity index (χ0v) is 12.9. The molecule has 1 aromatic carbocycles. The molecule has 3 rings (SSSR count). The number of urea groups is 1. The van der Waals surface area contributed by atoms with Crippen molar-refractivity contribution >= 4 is 6.03 Å². The maximum absolute atomic E-state index is 12.4. The molecule has 1 aromatic heterocycles. The first-order valence-electron chi connectivity index (χ1n) is 7.86. The van der Waals surface area contributed by atoms with Gasteiger partial charge in [0, 0.05) is 31.5 Å². The van der Waals surface area contributed by atoms with E-state index >= 15 is 0 Å². The van der Waals surface area contributed by atoms with Gasteiger partial charge in [-0.05, 0) is 37.8 Å². The van der Waals surface area contributed by atoms with Gasteiger partial charge in [0.25, 0.3) is 0 Å². The van der Waals surface area contributed by atoms with Crippen LogP contribution in [0.15, 0.2) is 43.0 Å². The molecule has 0 unspecified atom stereocenters. The van der Waals surface area contributed by atoms with Gasteiger partial charge >= 0.3 is 6.03 Å². The number of likely N-dealkylation sites (tertiary alicyclic amines) is 1. The number of imidazole rings is 1. The Labute approximate surface area is 131 Å². The van der Waals surface area contributed by atoms with Crippen LogP contribution in [0.25, 0.3) is 5.69 Å². The molecule has 1 fully saturated rings. The van der Waals surface area contributed by atoms with Gasteiger partial charge < -0.3 is 14.8 Å². The largest absolute Gasteiger partial charge is 0.334 e. The van der Waals surface area contributed by atoms with Crippen LogP contribution in [-0.2, 0) is 6.54 Å². The maximum atomic E-state index is 12.4. The van der Waals surface area contributed by atoms with E-state index in [-0.39, 0.29) is 6.03 Å². The summed E-state index contributed by atoms with van der Waals surface area (Å²) in [5.41, 5.74) is 2.13. The maximum Gasteiger partial charge on any atom is 0.317 e. The summed E-state index contributed by atoms with van der Waals surface area (Å²) in [6.45, 7) is 3.50. The number of benzene rings is 1. The molecule has 2 aromatic rings. The predicted octanol–water partition coefficient (Wildman–Crippen LogP) is 2.96. The van der Waals surface area contributed by atoms with E-state index < -0.39 is 0 Å². The van der Waals surface area contributed by atoms with Gasteiger partial charge in [0.05, 0.1) is 12.0 Å². The number of hydrogen-bond acceptors (Lipinski definition) is 2. The minimum absolute atomic E-state index is 0.0348. The van der Waals surface area contributed by atoms with Gasteiger partial charge in [-0.15, -0.1) is 0 Å². The summed E-state index contributed by atoms with van der Waals surface area (Å²) in [4.78, 5) is 18.4. The highest BCUT2D eigenvalue weighted by Gasteiger charge is 2.22. The smallest absolute Gasteiger partial charge is 0.317 e. The number of hydrogen-bond donors (Lipinski definition) is 1. The third-order valence-corrected chi connectivity index (χ3v) is 4.27. The van der Waals surface area contributed by atoms with E-state index in [0.717, 1.165) is 30.6 Å². The standard InChI is InChI=1S/C17H22N4O/c1-14-6-4-5-10-21(14)17(22)19-12-15-7-2-3-8-16(15)20-11-9-18-13-20/h2-3,7-9,11,13-14H,4-6,10,12H2,1H3,(H,19,22)/t14-/m1/s1. The van der Waals surface area contributed by atoms with Gasteiger partial charge in [0.15, 0.2) is 0 Å². The summed E-state index contributed by atoms with van der Waals surface area (Å²) in [6, 6.07) is 8.42. The molecule has 0 bridgehead atoms. The van der Waals surface area contributed by atoms with E-state index in [2.05, 4.69) is 17.2 Å². The van der Waals surface area contributed by atoms with E-state index in [0.29, 0.717) is 12.6 Å². The lowest BCUT2D eigenvalue weighted by Gasteiger charge is -2.33. The third kappa shape index (κ3) is 3.13. The second-order valence-corrected chi connectivity index (χ2v) is 5.80. The highest BCUT2D eigenvalue weighted by molar-refractivity contribution is 5.74. The fourth-order valence-electron chi connectivity index (χ4n) is 2.99. The summed E-state index contributed by atoms with van der Waals surface area (Å²) < 4.78 is 1.96. The van der Waals surface area contributed by atoms with Crippen LogP contribution in [0.4, 0.5) is 4.79 Å². The molecule has 1 aliphatic rings. The molecule has 2 amide bonds. The Morgan fingerprint density at radius 2 is 2.23 bits per heavy atom. The highest BCUT2D eigenvalue weighted by Crippen LogP contribution is 2.17. The summed E-state index contributed by atoms with van der Waals surface area (Å²) in [5, 5.41) is 3.05. The number of para-hydroxylation sites is 1. The Morgan fingerprint density at radius 1 is 1.36 bits per heavy atom. The van der Waals surface area contributed by atoms with Gasteiger partial charge in [-0.25, -0.2) is 9.78 Å². The average molecular weight is 298 g/mol. The highest BCUT2D eigenvalue weighted by atomic mass is 16.2. The van der Waals surface area contributed by atoms with Crippen molar-refractivity contribution < 1.29 is 4.79 Å². The van der Waals surface area contributed by atoms with Gasteiger partial charge in [-0.1, -0.05) is 18.2 Å². The monoisotopic (exact) mass is 298 g/mol. The molecule has 1 aliphatic heterocycles. The molecule has 2 heterocycles. The second kappa shape index (κ2) is 6.64. The Balaban J connectivity index is 1.68. The topological polar surface area (TPSA) is 50.2 Å². The van der Waals surface area contributed by atoms with Crippen LogP contribution < -0.4 is 5.32 Å². The van der Waals surface area contributed by atoms with E-state index in [1.807, 2.05) is 39.9 Å². The molecule has 5 nitrogen and oxygen atoms in total. The molecule has 5 heteroatoms. The fraction of sp³-hybridized carbons (Fsp3) is 0.412. The summed E-state index contributed by atoms with van der Waals surface area (Å²) in [6.07, 6.45) is 8.85. The lowest BCUT2D eigenvalue weighted by atomic mass is 10.0. The molecule has 0 saturated carbocycles. The van der Waals surface area contributed by atoms with E-state index in [1.54, 1.807) is 12.5 Å². The number of aromatic nitrogens is 2. The van der Waals surface area contributed by atoms with Crippen LogP contribution in [0.1, 0.15) is 31.7 Å². The van der Waals surface area contributed by atoms with Crippen molar-refractivity contribution in [1.82, 2.24) is 19.8 Å². The van der Waals surface area contributed by atoms with Crippen molar-refractivity contribution in [1.29, 1.82) is 0 Å². The number of carbonyl (C=O) groups excluding carboxylic acids is 1. The molecule has 0 aliphatic carbocycles. The van der Waals surface area contributed by atoms with E-state index in [9.17, 15) is 4.79 Å². The molecular weight excluding hydrogens is 276 g/mol. The second-order valence-electron chi connectivity index (χ2n) is 5.80. The Morgan fingerprint density at radius 3 is 3.00 bits per heavy atom. The van der Waals surface area contributed by atoms with Crippen LogP contribution in [0.2, 0.25) is 0 Å². The zero-order chi connectivity index (χ0) is 15.4. The SMILES string of the molecule is C[C@@H]1CCCCN1C(=O)NCc1ccccc1-n1ccnc1. The van der Waals surface area contributed by atoms with Crippen LogP contribution in [0.3, 0.4) is 0 Å². The van der Waals surface area contributed by atoms with Crippen LogP contribution in [0, 0.1) is 0 Å². The van der Waals surface area contributed by atoms with Crippen molar-refractivity contribution in [2.45, 2.75) is 38.8 Å². The lowest BCUT2D eigenvalue weighted by Crippen LogP contribution is -2.47. The van der Waals surface area contributed by atoms with Crippen molar-refractivity contribution in [3.05, 3.63) is 48.5 Å². The summed E-state index contributed by atoms with van der Waals surface area (Å²) in [5.74, 6) is 0. The van der Waals surface area contributed by atoms with Crippen LogP contribution in [-0.4, -0.2) is 33.1 Å². The molecule has 1 saturated heterocycles. The normalized spacial score (nSPS) is 18.2. The Hall–Kier alpha value is -2.30. The molecule has 0 spiro atoms. The lowest BCUT2D eigenvalue weighted by molar-refractivity contribution is 0.158. The number of rotatable bonds is 3. The summed E-state index contributed by atoms with van der Waals surface area (Å²) in [7, 11) is 0. The van der Waals surface area contributed by atoms with E-state index in [1.165, 1.54) is 6.42 Å². The predicted molar refractivity (Wildman–Crippen MR) is 85.8 cm³/mol. The summed E-state index contributed by atoms with van der Waals surface area (Å²) >= 11 is 0. The quantitative estimate of drug-likeness (QED) is 0.947. The fourth-order valence-corrected chi connectivity index (χ4v) is 2.99. The number of amides is 2. The Kier molecular flexibility index (Phi) is 4.42. The van der Waals surface area contributed by atoms with Crippen molar-refractivity contribution in [3.8, 4) is 5.69 Å². The third-order valence-electron chi connectivity index (χ3n) is 4.27. The number of nitrogens with zero attached hydrogens (tertiary/aromatic N) is 3. The van der Waals surface area contributed by atoms with Crippen molar-refractivity contribution in [3.63, 3.8) is 0 Å². The minimum Gasteiger partial charge on any atom is -0.334 e. The molecule has 1 atom stereocenters. The van der Waals surface area contributed by atoms with Crippen molar-refractivity contribution in [2.24, 2.45) is 0 Å². The van der Waals surface area contributed by atoms with Gasteiger partial charge in [-0.2, -0.15) is 0 Å². The first kappa shape index (κ1) is 14.6. The number of carbonyl (C=O) groups is 1. The molecular formula is C17H22N4O. The first-order valence-corrected chi connectivity index (χ1v) is 7.86. The molecule has 1 N–H and O–H groups in total. The van der Waals surface area contributed by atoms with E-state index in [4.69, 9.17) is 0 Å². The number of piperidine rings is 1. The zero-order valence-electron chi connectivity index (χ0n) is 12.9. The van der Waals surface area contributed by atoms with Crippen LogP contribution >= 0.6 is 0 Å². The molecule has 116 valence electrons. The number of nitrogens with one attached hydrogen (secondary N) is 1. The minimum atomic E-state index is 0.0348. The van der Waals surface area contributed by atoms with Gasteiger partial charge in [-0.3, -0.25) is 0 Å². The Bertz CT molecular complexity index is 623. The van der Waals surface area contributed by atoms with Crippen LogP contribution in [0.5, 0.6) is 0 Å². The average Bonchev–Trinajstić information content (AvgIpc) is 3.07. The molecule has 22 heavy (non-hydrogen) atoms.